The predicted octanol–water partition coefficient (Wildman–Crippen LogP) is 3.76. The maximum atomic E-state index is 11.8. The van der Waals surface area contributed by atoms with Crippen molar-refractivity contribution >= 4 is 23.4 Å². The summed E-state index contributed by atoms with van der Waals surface area (Å²) in [7, 11) is 0. The smallest absolute Gasteiger partial charge is 0.422 e. The molecule has 1 amide bonds. The Morgan fingerprint density at radius 2 is 2.12 bits per heavy atom. The molecule has 1 rings (SSSR count). The second kappa shape index (κ2) is 5.27. The molecule has 0 radical (unpaired) electrons. The molecule has 0 heterocycles. The molecule has 0 aliphatic heterocycles. The summed E-state index contributed by atoms with van der Waals surface area (Å²) in [5.74, 6) is 0. The summed E-state index contributed by atoms with van der Waals surface area (Å²) >= 11 is 5.68. The summed E-state index contributed by atoms with van der Waals surface area (Å²) in [4.78, 5) is 11.0. The van der Waals surface area contributed by atoms with Gasteiger partial charge in [0.1, 0.15) is 0 Å². The quantitative estimate of drug-likeness (QED) is 0.886. The Balaban J connectivity index is 2.57. The number of aryl methyl sites for hydroxylation is 1. The maximum absolute atomic E-state index is 11.8. The van der Waals surface area contributed by atoms with Crippen LogP contribution in [0.2, 0.25) is 5.02 Å². The lowest BCUT2D eigenvalue weighted by Gasteiger charge is -2.10. The van der Waals surface area contributed by atoms with Gasteiger partial charge in [0.25, 0.3) is 0 Å². The third-order valence-electron chi connectivity index (χ3n) is 1.79. The van der Waals surface area contributed by atoms with Gasteiger partial charge in [-0.15, -0.1) is 0 Å². The van der Waals surface area contributed by atoms with E-state index in [1.807, 2.05) is 0 Å². The zero-order valence-corrected chi connectivity index (χ0v) is 9.52. The van der Waals surface area contributed by atoms with Crippen LogP contribution in [0.25, 0.3) is 0 Å². The molecule has 0 spiro atoms. The molecule has 3 nitrogen and oxygen atoms in total. The minimum atomic E-state index is -4.54. The van der Waals surface area contributed by atoms with Crippen LogP contribution in [0.4, 0.5) is 23.7 Å². The number of benzene rings is 1. The highest BCUT2D eigenvalue weighted by Crippen LogP contribution is 2.20. The summed E-state index contributed by atoms with van der Waals surface area (Å²) < 4.78 is 39.3. The van der Waals surface area contributed by atoms with Crippen molar-refractivity contribution in [1.29, 1.82) is 0 Å². The van der Waals surface area contributed by atoms with Gasteiger partial charge in [0.2, 0.25) is 0 Å². The van der Waals surface area contributed by atoms with Crippen LogP contribution >= 0.6 is 11.6 Å². The fraction of sp³-hybridized carbons (Fsp3) is 0.300. The number of nitrogens with one attached hydrogen (secondary N) is 1. The summed E-state index contributed by atoms with van der Waals surface area (Å²) in [6.45, 7) is 0.0384. The zero-order chi connectivity index (χ0) is 13.1. The van der Waals surface area contributed by atoms with Crippen LogP contribution in [0.1, 0.15) is 5.56 Å². The molecule has 1 aromatic carbocycles. The third-order valence-corrected chi connectivity index (χ3v) is 2.03. The molecule has 0 aliphatic carbocycles. The van der Waals surface area contributed by atoms with Crippen molar-refractivity contribution in [2.45, 2.75) is 13.1 Å². The topological polar surface area (TPSA) is 38.3 Å². The van der Waals surface area contributed by atoms with E-state index in [9.17, 15) is 18.0 Å². The summed E-state index contributed by atoms with van der Waals surface area (Å²) in [5.41, 5.74) is 0.975. The van der Waals surface area contributed by atoms with Crippen molar-refractivity contribution < 1.29 is 22.7 Å². The lowest BCUT2D eigenvalue weighted by atomic mass is 10.2. The summed E-state index contributed by atoms with van der Waals surface area (Å²) in [6, 6.07) is 4.56. The minimum Gasteiger partial charge on any atom is -0.440 e. The van der Waals surface area contributed by atoms with Crippen molar-refractivity contribution in [3.8, 4) is 0 Å². The normalized spacial score (nSPS) is 11.1. The van der Waals surface area contributed by atoms with E-state index in [-0.39, 0.29) is 0 Å². The lowest BCUT2D eigenvalue weighted by molar-refractivity contribution is -0.159. The molecule has 94 valence electrons. The molecule has 1 N–H and O–H groups in total. The van der Waals surface area contributed by atoms with Crippen molar-refractivity contribution in [3.05, 3.63) is 28.8 Å². The Bertz CT molecular complexity index is 421. The Hall–Kier alpha value is -1.43. The second-order valence-electron chi connectivity index (χ2n) is 3.28. The van der Waals surface area contributed by atoms with Crippen LogP contribution in [-0.2, 0) is 4.74 Å². The van der Waals surface area contributed by atoms with E-state index >= 15 is 0 Å². The van der Waals surface area contributed by atoms with Gasteiger partial charge >= 0.3 is 12.3 Å². The van der Waals surface area contributed by atoms with E-state index in [2.05, 4.69) is 10.1 Å². The highest BCUT2D eigenvalue weighted by molar-refractivity contribution is 6.30. The van der Waals surface area contributed by atoms with Crippen LogP contribution in [0.3, 0.4) is 0 Å². The first-order chi connectivity index (χ1) is 7.78. The Labute approximate surface area is 101 Å². The molecule has 0 atom stereocenters. The average molecular weight is 268 g/mol. The third kappa shape index (κ3) is 4.95. The molecule has 0 bridgehead atoms. The molecule has 1 aromatic rings. The van der Waals surface area contributed by atoms with Crippen molar-refractivity contribution in [3.63, 3.8) is 0 Å². The Morgan fingerprint density at radius 1 is 1.47 bits per heavy atom. The number of alkyl halides is 3. The molecule has 0 aromatic heterocycles. The molecular formula is C10H9ClF3NO2. The molecule has 0 saturated heterocycles. The first-order valence-corrected chi connectivity index (χ1v) is 4.92. The van der Waals surface area contributed by atoms with E-state index in [1.54, 1.807) is 13.0 Å². The predicted molar refractivity (Wildman–Crippen MR) is 57.2 cm³/mol. The minimum absolute atomic E-state index is 0.349. The van der Waals surface area contributed by atoms with E-state index in [4.69, 9.17) is 11.6 Å². The second-order valence-corrected chi connectivity index (χ2v) is 3.71. The number of carbonyl (C=O) groups is 1. The molecule has 0 fully saturated rings. The number of hydrogen-bond acceptors (Lipinski definition) is 2. The first-order valence-electron chi connectivity index (χ1n) is 4.54. The molecule has 7 heteroatoms. The van der Waals surface area contributed by atoms with Crippen molar-refractivity contribution in [2.24, 2.45) is 0 Å². The maximum Gasteiger partial charge on any atom is 0.422 e. The van der Waals surface area contributed by atoms with Crippen molar-refractivity contribution in [2.75, 3.05) is 11.9 Å². The fourth-order valence-corrected chi connectivity index (χ4v) is 1.29. The van der Waals surface area contributed by atoms with E-state index in [1.165, 1.54) is 12.1 Å². The number of hydrogen-bond donors (Lipinski definition) is 1. The number of amides is 1. The Morgan fingerprint density at radius 3 is 2.65 bits per heavy atom. The number of carbonyl (C=O) groups excluding carboxylic acids is 1. The average Bonchev–Trinajstić information content (AvgIpc) is 2.18. The van der Waals surface area contributed by atoms with Gasteiger partial charge in [-0.2, -0.15) is 13.2 Å². The number of rotatable bonds is 2. The van der Waals surface area contributed by atoms with Crippen LogP contribution in [0.15, 0.2) is 18.2 Å². The number of halogens is 4. The Kier molecular flexibility index (Phi) is 4.22. The fourth-order valence-electron chi connectivity index (χ4n) is 1.06. The van der Waals surface area contributed by atoms with Gasteiger partial charge in [-0.25, -0.2) is 4.79 Å². The highest BCUT2D eigenvalue weighted by Gasteiger charge is 2.29. The van der Waals surface area contributed by atoms with Gasteiger partial charge in [0.05, 0.1) is 0 Å². The molecule has 0 unspecified atom stereocenters. The van der Waals surface area contributed by atoms with Crippen LogP contribution in [0.5, 0.6) is 0 Å². The lowest BCUT2D eigenvalue weighted by Crippen LogP contribution is -2.23. The monoisotopic (exact) mass is 267 g/mol. The van der Waals surface area contributed by atoms with Crippen LogP contribution in [0, 0.1) is 6.92 Å². The summed E-state index contributed by atoms with van der Waals surface area (Å²) in [6.07, 6.45) is -5.69. The van der Waals surface area contributed by atoms with Gasteiger partial charge in [0.15, 0.2) is 6.61 Å². The van der Waals surface area contributed by atoms with E-state index in [0.29, 0.717) is 16.3 Å². The largest absolute Gasteiger partial charge is 0.440 e. The standard InChI is InChI=1S/C10H9ClF3NO2/c1-6-4-7(11)2-3-8(6)15-9(16)17-5-10(12,13)14/h2-4H,5H2,1H3,(H,15,16). The van der Waals surface area contributed by atoms with E-state index in [0.717, 1.165) is 0 Å². The summed E-state index contributed by atoms with van der Waals surface area (Å²) in [5, 5.41) is 2.66. The van der Waals surface area contributed by atoms with E-state index < -0.39 is 18.9 Å². The van der Waals surface area contributed by atoms with Crippen LogP contribution in [-0.4, -0.2) is 18.9 Å². The molecule has 0 aliphatic rings. The van der Waals surface area contributed by atoms with Crippen molar-refractivity contribution in [1.82, 2.24) is 0 Å². The molecule has 0 saturated carbocycles. The zero-order valence-electron chi connectivity index (χ0n) is 8.77. The van der Waals surface area contributed by atoms with Gasteiger partial charge in [-0.1, -0.05) is 11.6 Å². The van der Waals surface area contributed by atoms with Gasteiger partial charge < -0.3 is 4.74 Å². The molecular weight excluding hydrogens is 259 g/mol. The van der Waals surface area contributed by atoms with Crippen LogP contribution < -0.4 is 5.32 Å². The first kappa shape index (κ1) is 13.6. The molecule has 17 heavy (non-hydrogen) atoms. The SMILES string of the molecule is Cc1cc(Cl)ccc1NC(=O)OCC(F)(F)F. The highest BCUT2D eigenvalue weighted by atomic mass is 35.5. The number of ether oxygens (including phenoxy) is 1. The van der Waals surface area contributed by atoms with Gasteiger partial charge in [-0.3, -0.25) is 5.32 Å². The van der Waals surface area contributed by atoms with Gasteiger partial charge in [0, 0.05) is 10.7 Å². The number of anilines is 1. The van der Waals surface area contributed by atoms with Gasteiger partial charge in [-0.05, 0) is 30.7 Å².